The summed E-state index contributed by atoms with van der Waals surface area (Å²) in [5.41, 5.74) is 2.33. The molecule has 1 aliphatic carbocycles. The molecule has 1 aromatic heterocycles. The summed E-state index contributed by atoms with van der Waals surface area (Å²) in [6.45, 7) is 7.07. The molecule has 3 heterocycles. The standard InChI is InChI=1S/C25H33N3O2S/c1-24(10-5-2-6-11-24)31(29,30)28-19-21(22-8-3-4-9-23(22)28)18-27-17-7-12-25(20-27)13-15-26-16-14-25/h2-6,8-10,19,26H,7,11-18,20H2,1H3. The zero-order chi connectivity index (χ0) is 21.5. The molecule has 2 aromatic rings. The third kappa shape index (κ3) is 3.69. The number of hydrogen-bond donors (Lipinski definition) is 1. The highest BCUT2D eigenvalue weighted by molar-refractivity contribution is 7.91. The molecular formula is C25H33N3O2S. The highest BCUT2D eigenvalue weighted by Crippen LogP contribution is 2.39. The Morgan fingerprint density at radius 2 is 1.90 bits per heavy atom. The Morgan fingerprint density at radius 1 is 1.10 bits per heavy atom. The van der Waals surface area contributed by atoms with E-state index in [1.54, 1.807) is 3.97 Å². The predicted molar refractivity (Wildman–Crippen MR) is 127 cm³/mol. The monoisotopic (exact) mass is 439 g/mol. The van der Waals surface area contributed by atoms with Gasteiger partial charge in [0.1, 0.15) is 4.75 Å². The van der Waals surface area contributed by atoms with Crippen LogP contribution in [0, 0.1) is 5.41 Å². The van der Waals surface area contributed by atoms with E-state index >= 15 is 0 Å². The minimum absolute atomic E-state index is 0.431. The van der Waals surface area contributed by atoms with Crippen molar-refractivity contribution in [2.75, 3.05) is 26.2 Å². The fourth-order valence-corrected chi connectivity index (χ4v) is 7.41. The summed E-state index contributed by atoms with van der Waals surface area (Å²) in [7, 11) is -3.58. The van der Waals surface area contributed by atoms with Gasteiger partial charge in [0.05, 0.1) is 5.52 Å². The van der Waals surface area contributed by atoms with Crippen LogP contribution in [0.2, 0.25) is 0 Å². The number of nitrogens with one attached hydrogen (secondary N) is 1. The Kier molecular flexibility index (Phi) is 5.35. The normalized spacial score (nSPS) is 26.6. The maximum absolute atomic E-state index is 13.7. The van der Waals surface area contributed by atoms with Crippen LogP contribution in [-0.2, 0) is 16.6 Å². The number of likely N-dealkylation sites (tertiary alicyclic amines) is 1. The molecule has 31 heavy (non-hydrogen) atoms. The molecule has 6 heteroatoms. The molecule has 5 rings (SSSR count). The van der Waals surface area contributed by atoms with Crippen molar-refractivity contribution in [1.82, 2.24) is 14.2 Å². The number of benzene rings is 1. The molecule has 2 saturated heterocycles. The van der Waals surface area contributed by atoms with Gasteiger partial charge in [0.15, 0.2) is 0 Å². The molecule has 5 nitrogen and oxygen atoms in total. The van der Waals surface area contributed by atoms with Gasteiger partial charge in [-0.05, 0) is 75.7 Å². The Morgan fingerprint density at radius 3 is 2.68 bits per heavy atom. The van der Waals surface area contributed by atoms with Crippen molar-refractivity contribution >= 4 is 20.9 Å². The van der Waals surface area contributed by atoms with E-state index in [4.69, 9.17) is 0 Å². The first-order chi connectivity index (χ1) is 14.9. The zero-order valence-corrected chi connectivity index (χ0v) is 19.2. The lowest BCUT2D eigenvalue weighted by Crippen LogP contribution is -2.48. The molecule has 2 fully saturated rings. The number of nitrogens with zero attached hydrogens (tertiary/aromatic N) is 2. The van der Waals surface area contributed by atoms with E-state index in [1.807, 2.05) is 55.6 Å². The van der Waals surface area contributed by atoms with Crippen molar-refractivity contribution in [2.24, 2.45) is 5.41 Å². The predicted octanol–water partition coefficient (Wildman–Crippen LogP) is 4.06. The van der Waals surface area contributed by atoms with E-state index in [0.717, 1.165) is 49.2 Å². The molecule has 0 amide bonds. The number of hydrogen-bond acceptors (Lipinski definition) is 4. The number of rotatable bonds is 4. The van der Waals surface area contributed by atoms with E-state index < -0.39 is 14.8 Å². The molecule has 1 atom stereocenters. The first-order valence-corrected chi connectivity index (χ1v) is 13.0. The van der Waals surface area contributed by atoms with Crippen molar-refractivity contribution in [1.29, 1.82) is 0 Å². The smallest absolute Gasteiger partial charge is 0.248 e. The van der Waals surface area contributed by atoms with Crippen LogP contribution in [0.25, 0.3) is 10.9 Å². The van der Waals surface area contributed by atoms with Crippen LogP contribution in [-0.4, -0.2) is 48.2 Å². The van der Waals surface area contributed by atoms with Crippen LogP contribution in [0.5, 0.6) is 0 Å². The Labute approximate surface area is 185 Å². The van der Waals surface area contributed by atoms with E-state index in [9.17, 15) is 8.42 Å². The second-order valence-electron chi connectivity index (χ2n) is 9.84. The van der Waals surface area contributed by atoms with Gasteiger partial charge in [-0.25, -0.2) is 12.4 Å². The summed E-state index contributed by atoms with van der Waals surface area (Å²) in [5.74, 6) is 0. The molecule has 1 aromatic carbocycles. The second kappa shape index (κ2) is 7.91. The molecule has 1 N–H and O–H groups in total. The summed E-state index contributed by atoms with van der Waals surface area (Å²) in [6, 6.07) is 7.95. The van der Waals surface area contributed by atoms with Crippen LogP contribution >= 0.6 is 0 Å². The van der Waals surface area contributed by atoms with Crippen LogP contribution in [0.3, 0.4) is 0 Å². The number of fused-ring (bicyclic) bond motifs is 1. The van der Waals surface area contributed by atoms with Crippen LogP contribution in [0.4, 0.5) is 0 Å². The summed E-state index contributed by atoms with van der Waals surface area (Å²) in [6.07, 6.45) is 15.0. The van der Waals surface area contributed by atoms with E-state index in [1.165, 1.54) is 25.7 Å². The third-order valence-corrected chi connectivity index (χ3v) is 9.93. The minimum atomic E-state index is -3.58. The maximum atomic E-state index is 13.7. The zero-order valence-electron chi connectivity index (χ0n) is 18.4. The van der Waals surface area contributed by atoms with Gasteiger partial charge in [-0.15, -0.1) is 0 Å². The minimum Gasteiger partial charge on any atom is -0.317 e. The second-order valence-corrected chi connectivity index (χ2v) is 12.1. The van der Waals surface area contributed by atoms with Gasteiger partial charge in [0, 0.05) is 24.7 Å². The van der Waals surface area contributed by atoms with Crippen molar-refractivity contribution in [3.63, 3.8) is 0 Å². The molecule has 1 spiro atoms. The number of allylic oxidation sites excluding steroid dienone is 3. The van der Waals surface area contributed by atoms with Gasteiger partial charge in [-0.3, -0.25) is 4.90 Å². The highest BCUT2D eigenvalue weighted by Gasteiger charge is 2.40. The molecule has 2 aliphatic heterocycles. The average molecular weight is 440 g/mol. The SMILES string of the molecule is CC1(S(=O)(=O)n2cc(CN3CCCC4(CCNCC4)C3)c3ccccc32)C=CC=CC1. The number of aromatic nitrogens is 1. The summed E-state index contributed by atoms with van der Waals surface area (Å²) in [4.78, 5) is 2.55. The average Bonchev–Trinajstić information content (AvgIpc) is 3.14. The van der Waals surface area contributed by atoms with E-state index in [-0.39, 0.29) is 0 Å². The quantitative estimate of drug-likeness (QED) is 0.781. The molecule has 0 radical (unpaired) electrons. The summed E-state index contributed by atoms with van der Waals surface area (Å²) < 4.78 is 28.1. The van der Waals surface area contributed by atoms with Gasteiger partial charge >= 0.3 is 0 Å². The lowest BCUT2D eigenvalue weighted by atomic mass is 9.73. The van der Waals surface area contributed by atoms with Gasteiger partial charge in [-0.2, -0.15) is 0 Å². The lowest BCUT2D eigenvalue weighted by Gasteiger charge is -2.45. The van der Waals surface area contributed by atoms with Crippen LogP contribution < -0.4 is 5.32 Å². The summed E-state index contributed by atoms with van der Waals surface area (Å²) >= 11 is 0. The van der Waals surface area contributed by atoms with Gasteiger partial charge in [-0.1, -0.05) is 42.5 Å². The Hall–Kier alpha value is -1.89. The lowest BCUT2D eigenvalue weighted by molar-refractivity contribution is 0.0554. The van der Waals surface area contributed by atoms with E-state index in [0.29, 0.717) is 11.8 Å². The molecule has 166 valence electrons. The Balaban J connectivity index is 1.48. The van der Waals surface area contributed by atoms with Crippen LogP contribution in [0.15, 0.2) is 54.8 Å². The van der Waals surface area contributed by atoms with Crippen molar-refractivity contribution < 1.29 is 8.42 Å². The van der Waals surface area contributed by atoms with Gasteiger partial charge < -0.3 is 5.32 Å². The molecule has 3 aliphatic rings. The number of piperidine rings is 2. The summed E-state index contributed by atoms with van der Waals surface area (Å²) in [5, 5.41) is 4.55. The van der Waals surface area contributed by atoms with Crippen molar-refractivity contribution in [3.05, 3.63) is 60.3 Å². The molecule has 1 unspecified atom stereocenters. The van der Waals surface area contributed by atoms with E-state index in [2.05, 4.69) is 16.3 Å². The highest BCUT2D eigenvalue weighted by atomic mass is 32.2. The molecular weight excluding hydrogens is 406 g/mol. The fourth-order valence-electron chi connectivity index (χ4n) is 5.72. The topological polar surface area (TPSA) is 54.3 Å². The number of para-hydroxylation sites is 1. The Bertz CT molecular complexity index is 1120. The largest absolute Gasteiger partial charge is 0.317 e. The van der Waals surface area contributed by atoms with Crippen LogP contribution in [0.1, 0.15) is 44.6 Å². The van der Waals surface area contributed by atoms with Gasteiger partial charge in [0.2, 0.25) is 10.0 Å². The fraction of sp³-hybridized carbons (Fsp3) is 0.520. The first kappa shape index (κ1) is 21.0. The first-order valence-electron chi connectivity index (χ1n) is 11.5. The molecule has 0 saturated carbocycles. The van der Waals surface area contributed by atoms with Gasteiger partial charge in [0.25, 0.3) is 0 Å². The van der Waals surface area contributed by atoms with Crippen molar-refractivity contribution in [2.45, 2.75) is 50.3 Å². The van der Waals surface area contributed by atoms with Crippen molar-refractivity contribution in [3.8, 4) is 0 Å². The maximum Gasteiger partial charge on any atom is 0.248 e. The third-order valence-electron chi connectivity index (χ3n) is 7.63. The molecule has 0 bridgehead atoms.